The van der Waals surface area contributed by atoms with E-state index in [9.17, 15) is 9.59 Å². The number of allylic oxidation sites excluding steroid dienone is 2. The molecule has 0 fully saturated rings. The fourth-order valence-electron chi connectivity index (χ4n) is 2.73. The highest BCUT2D eigenvalue weighted by Crippen LogP contribution is 2.10. The standard InChI is InChI=1S/C21H39NO3/c1-3-4-5-6-7-8-9-10-11-12-13-14-15-16-17-18-20(23)22-19(2)21(24)25/h10-11,19H,3-9,12-18H2,1-2H3,(H,22,23)(H,24,25)/b11-10+. The van der Waals surface area contributed by atoms with Crippen molar-refractivity contribution >= 4 is 11.9 Å². The average molecular weight is 354 g/mol. The van der Waals surface area contributed by atoms with Crippen LogP contribution in [0.5, 0.6) is 0 Å². The number of unbranched alkanes of at least 4 members (excludes halogenated alkanes) is 11. The molecule has 0 radical (unpaired) electrons. The Kier molecular flexibility index (Phi) is 16.6. The third kappa shape index (κ3) is 17.3. The van der Waals surface area contributed by atoms with Gasteiger partial charge in [0.05, 0.1) is 0 Å². The molecule has 0 rings (SSSR count). The van der Waals surface area contributed by atoms with E-state index in [1.165, 1.54) is 64.7 Å². The van der Waals surface area contributed by atoms with Gasteiger partial charge in [-0.05, 0) is 39.0 Å². The first kappa shape index (κ1) is 23.7. The molecular weight excluding hydrogens is 314 g/mol. The zero-order valence-corrected chi connectivity index (χ0v) is 16.4. The maximum Gasteiger partial charge on any atom is 0.325 e. The smallest absolute Gasteiger partial charge is 0.325 e. The number of carbonyl (C=O) groups excluding carboxylic acids is 1. The highest BCUT2D eigenvalue weighted by atomic mass is 16.4. The van der Waals surface area contributed by atoms with E-state index in [0.717, 1.165) is 25.7 Å². The summed E-state index contributed by atoms with van der Waals surface area (Å²) in [5, 5.41) is 11.2. The third-order valence-electron chi connectivity index (χ3n) is 4.41. The van der Waals surface area contributed by atoms with Gasteiger partial charge in [0.15, 0.2) is 0 Å². The molecule has 0 aromatic carbocycles. The van der Waals surface area contributed by atoms with E-state index in [1.807, 2.05) is 0 Å². The van der Waals surface area contributed by atoms with E-state index in [2.05, 4.69) is 24.4 Å². The van der Waals surface area contributed by atoms with Crippen LogP contribution in [0, 0.1) is 0 Å². The molecule has 0 bridgehead atoms. The Balaban J connectivity index is 3.29. The predicted molar refractivity (Wildman–Crippen MR) is 105 cm³/mol. The zero-order valence-electron chi connectivity index (χ0n) is 16.4. The van der Waals surface area contributed by atoms with Gasteiger partial charge in [0.25, 0.3) is 0 Å². The topological polar surface area (TPSA) is 66.4 Å². The molecule has 0 saturated carbocycles. The molecule has 4 heteroatoms. The second-order valence-corrected chi connectivity index (χ2v) is 6.96. The first-order chi connectivity index (χ1) is 12.1. The molecule has 0 aromatic heterocycles. The number of rotatable bonds is 17. The number of carbonyl (C=O) groups is 2. The lowest BCUT2D eigenvalue weighted by molar-refractivity contribution is -0.141. The summed E-state index contributed by atoms with van der Waals surface area (Å²) in [6.07, 6.45) is 21.0. The number of carboxylic acid groups (broad SMARTS) is 1. The van der Waals surface area contributed by atoms with Crippen LogP contribution >= 0.6 is 0 Å². The highest BCUT2D eigenvalue weighted by Gasteiger charge is 2.12. The van der Waals surface area contributed by atoms with E-state index >= 15 is 0 Å². The minimum Gasteiger partial charge on any atom is -0.480 e. The van der Waals surface area contributed by atoms with E-state index < -0.39 is 12.0 Å². The van der Waals surface area contributed by atoms with Gasteiger partial charge in [-0.1, -0.05) is 70.4 Å². The molecule has 0 aliphatic carbocycles. The van der Waals surface area contributed by atoms with Crippen molar-refractivity contribution in [3.8, 4) is 0 Å². The minimum atomic E-state index is -0.988. The van der Waals surface area contributed by atoms with Gasteiger partial charge in [-0.2, -0.15) is 0 Å². The van der Waals surface area contributed by atoms with Gasteiger partial charge in [0.2, 0.25) is 5.91 Å². The van der Waals surface area contributed by atoms with Gasteiger partial charge in [0.1, 0.15) is 6.04 Å². The largest absolute Gasteiger partial charge is 0.480 e. The molecule has 0 heterocycles. The summed E-state index contributed by atoms with van der Waals surface area (Å²) >= 11 is 0. The Bertz CT molecular complexity index is 366. The molecule has 0 saturated heterocycles. The number of amides is 1. The van der Waals surface area contributed by atoms with Gasteiger partial charge in [0, 0.05) is 6.42 Å². The van der Waals surface area contributed by atoms with Crippen LogP contribution in [0.1, 0.15) is 104 Å². The van der Waals surface area contributed by atoms with E-state index in [-0.39, 0.29) is 5.91 Å². The average Bonchev–Trinajstić information content (AvgIpc) is 2.58. The molecular formula is C21H39NO3. The lowest BCUT2D eigenvalue weighted by Crippen LogP contribution is -2.38. The Morgan fingerprint density at radius 2 is 1.32 bits per heavy atom. The number of nitrogens with one attached hydrogen (secondary N) is 1. The first-order valence-electron chi connectivity index (χ1n) is 10.2. The third-order valence-corrected chi connectivity index (χ3v) is 4.41. The van der Waals surface area contributed by atoms with Crippen LogP contribution in [0.4, 0.5) is 0 Å². The molecule has 1 amide bonds. The molecule has 1 atom stereocenters. The van der Waals surface area contributed by atoms with Crippen molar-refractivity contribution in [2.24, 2.45) is 0 Å². The second kappa shape index (κ2) is 17.5. The molecule has 25 heavy (non-hydrogen) atoms. The summed E-state index contributed by atoms with van der Waals surface area (Å²) in [5.41, 5.74) is 0. The Morgan fingerprint density at radius 1 is 0.840 bits per heavy atom. The summed E-state index contributed by atoms with van der Waals surface area (Å²) < 4.78 is 0. The monoisotopic (exact) mass is 353 g/mol. The Hall–Kier alpha value is -1.32. The minimum absolute atomic E-state index is 0.160. The van der Waals surface area contributed by atoms with Gasteiger partial charge in [-0.3, -0.25) is 9.59 Å². The van der Waals surface area contributed by atoms with Crippen LogP contribution in [0.25, 0.3) is 0 Å². The van der Waals surface area contributed by atoms with Crippen LogP contribution in [0.2, 0.25) is 0 Å². The lowest BCUT2D eigenvalue weighted by atomic mass is 10.1. The van der Waals surface area contributed by atoms with Crippen molar-refractivity contribution in [2.45, 2.75) is 110 Å². The van der Waals surface area contributed by atoms with E-state index in [1.54, 1.807) is 0 Å². The second-order valence-electron chi connectivity index (χ2n) is 6.96. The quantitative estimate of drug-likeness (QED) is 0.264. The Labute approximate surface area is 154 Å². The summed E-state index contributed by atoms with van der Waals surface area (Å²) in [7, 11) is 0. The summed E-state index contributed by atoms with van der Waals surface area (Å²) in [6.45, 7) is 3.74. The molecule has 4 nitrogen and oxygen atoms in total. The number of hydrogen-bond donors (Lipinski definition) is 2. The lowest BCUT2D eigenvalue weighted by Gasteiger charge is -2.08. The van der Waals surface area contributed by atoms with Crippen LogP contribution in [0.15, 0.2) is 12.2 Å². The van der Waals surface area contributed by atoms with Crippen molar-refractivity contribution in [3.05, 3.63) is 12.2 Å². The molecule has 0 spiro atoms. The number of carboxylic acids is 1. The molecule has 146 valence electrons. The van der Waals surface area contributed by atoms with Crippen LogP contribution in [-0.2, 0) is 9.59 Å². The first-order valence-corrected chi connectivity index (χ1v) is 10.2. The number of hydrogen-bond acceptors (Lipinski definition) is 2. The number of aliphatic carboxylic acids is 1. The SMILES string of the molecule is CCCCCCCC/C=C/CCCCCCCC(=O)NC(C)C(=O)O. The summed E-state index contributed by atoms with van der Waals surface area (Å²) in [6, 6.07) is -0.796. The van der Waals surface area contributed by atoms with Gasteiger partial charge in [-0.15, -0.1) is 0 Å². The van der Waals surface area contributed by atoms with Gasteiger partial charge >= 0.3 is 5.97 Å². The summed E-state index contributed by atoms with van der Waals surface area (Å²) in [4.78, 5) is 22.1. The van der Waals surface area contributed by atoms with Crippen molar-refractivity contribution in [2.75, 3.05) is 0 Å². The maximum atomic E-state index is 11.5. The molecule has 2 N–H and O–H groups in total. The molecule has 0 aliphatic heterocycles. The highest BCUT2D eigenvalue weighted by molar-refractivity contribution is 5.83. The predicted octanol–water partition coefficient (Wildman–Crippen LogP) is 5.61. The van der Waals surface area contributed by atoms with E-state index in [4.69, 9.17) is 5.11 Å². The fourth-order valence-corrected chi connectivity index (χ4v) is 2.73. The molecule has 0 aromatic rings. The van der Waals surface area contributed by atoms with Crippen molar-refractivity contribution in [1.82, 2.24) is 5.32 Å². The van der Waals surface area contributed by atoms with Crippen LogP contribution in [0.3, 0.4) is 0 Å². The van der Waals surface area contributed by atoms with Crippen LogP contribution < -0.4 is 5.32 Å². The van der Waals surface area contributed by atoms with Crippen LogP contribution in [-0.4, -0.2) is 23.0 Å². The maximum absolute atomic E-state index is 11.5. The van der Waals surface area contributed by atoms with Crippen molar-refractivity contribution < 1.29 is 14.7 Å². The zero-order chi connectivity index (χ0) is 18.8. The fraction of sp³-hybridized carbons (Fsp3) is 0.810. The Morgan fingerprint density at radius 3 is 1.84 bits per heavy atom. The van der Waals surface area contributed by atoms with Gasteiger partial charge < -0.3 is 10.4 Å². The molecule has 1 unspecified atom stereocenters. The van der Waals surface area contributed by atoms with Gasteiger partial charge in [-0.25, -0.2) is 0 Å². The van der Waals surface area contributed by atoms with Crippen molar-refractivity contribution in [1.29, 1.82) is 0 Å². The van der Waals surface area contributed by atoms with Crippen molar-refractivity contribution in [3.63, 3.8) is 0 Å². The normalized spacial score (nSPS) is 12.4. The molecule has 0 aliphatic rings. The summed E-state index contributed by atoms with van der Waals surface area (Å²) in [5.74, 6) is -1.15. The van der Waals surface area contributed by atoms with E-state index in [0.29, 0.717) is 6.42 Å².